The number of hydrogen-bond acceptors (Lipinski definition) is 6. The van der Waals surface area contributed by atoms with E-state index in [9.17, 15) is 0 Å². The Morgan fingerprint density at radius 2 is 2.00 bits per heavy atom. The summed E-state index contributed by atoms with van der Waals surface area (Å²) in [4.78, 5) is 13.7. The predicted octanol–water partition coefficient (Wildman–Crippen LogP) is 2.37. The molecule has 1 aliphatic rings. The van der Waals surface area contributed by atoms with Crippen LogP contribution in [-0.2, 0) is 17.9 Å². The lowest BCUT2D eigenvalue weighted by atomic mass is 10.1. The van der Waals surface area contributed by atoms with Gasteiger partial charge in [-0.25, -0.2) is 4.98 Å². The van der Waals surface area contributed by atoms with E-state index in [2.05, 4.69) is 68.2 Å². The Kier molecular flexibility index (Phi) is 5.31. The fourth-order valence-corrected chi connectivity index (χ4v) is 3.68. The number of hydrogen-bond donors (Lipinski definition) is 0. The highest BCUT2D eigenvalue weighted by Gasteiger charge is 2.23. The third kappa shape index (κ3) is 3.94. The minimum absolute atomic E-state index is 0.473. The smallest absolute Gasteiger partial charge is 0.254 e. The van der Waals surface area contributed by atoms with Crippen LogP contribution in [0.25, 0.3) is 5.78 Å². The molecule has 142 valence electrons. The van der Waals surface area contributed by atoms with Crippen LogP contribution in [-0.4, -0.2) is 57.3 Å². The normalized spacial score (nSPS) is 18.7. The molecule has 3 heterocycles. The highest BCUT2D eigenvalue weighted by molar-refractivity contribution is 5.47. The van der Waals surface area contributed by atoms with Crippen molar-refractivity contribution in [2.24, 2.45) is 0 Å². The van der Waals surface area contributed by atoms with Gasteiger partial charge < -0.3 is 9.64 Å². The number of ether oxygens (including phenoxy) is 1. The van der Waals surface area contributed by atoms with E-state index in [-0.39, 0.29) is 0 Å². The molecule has 1 fully saturated rings. The molecule has 2 aromatic heterocycles. The number of fused-ring (bicyclic) bond motifs is 1. The summed E-state index contributed by atoms with van der Waals surface area (Å²) < 4.78 is 7.10. The summed E-state index contributed by atoms with van der Waals surface area (Å²) in [5, 5.41) is 4.38. The first-order chi connectivity index (χ1) is 13.2. The van der Waals surface area contributed by atoms with Gasteiger partial charge in [-0.2, -0.15) is 14.6 Å². The third-order valence-electron chi connectivity index (χ3n) is 5.23. The number of rotatable bonds is 5. The maximum atomic E-state index is 5.27. The SMILES string of the molecule is COCc1cc(N2CCC(C)N(Cc3ccccc3)CC2)n2ncnc2n1. The fraction of sp³-hybridized carbons (Fsp3) is 0.450. The van der Waals surface area contributed by atoms with E-state index in [4.69, 9.17) is 4.74 Å². The Morgan fingerprint density at radius 3 is 2.81 bits per heavy atom. The summed E-state index contributed by atoms with van der Waals surface area (Å²) in [5.41, 5.74) is 2.24. The number of nitrogens with zero attached hydrogens (tertiary/aromatic N) is 6. The van der Waals surface area contributed by atoms with Crippen molar-refractivity contribution in [3.8, 4) is 0 Å². The zero-order valence-electron chi connectivity index (χ0n) is 16.0. The van der Waals surface area contributed by atoms with E-state index < -0.39 is 0 Å². The van der Waals surface area contributed by atoms with Gasteiger partial charge in [0.2, 0.25) is 0 Å². The van der Waals surface area contributed by atoms with E-state index in [1.807, 2.05) is 4.52 Å². The van der Waals surface area contributed by atoms with Crippen LogP contribution in [0, 0.1) is 0 Å². The lowest BCUT2D eigenvalue weighted by Crippen LogP contribution is -2.34. The molecule has 7 nitrogen and oxygen atoms in total. The standard InChI is InChI=1S/C20H26N6O/c1-16-8-9-24(10-11-25(16)13-17-6-4-3-5-7-17)19-12-18(14-27-2)23-20-21-15-22-26(19)20/h3-7,12,15-16H,8-11,13-14H2,1-2H3. The molecular weight excluding hydrogens is 340 g/mol. The molecule has 27 heavy (non-hydrogen) atoms. The zero-order chi connectivity index (χ0) is 18.6. The van der Waals surface area contributed by atoms with Gasteiger partial charge in [-0.3, -0.25) is 4.90 Å². The van der Waals surface area contributed by atoms with E-state index >= 15 is 0 Å². The minimum atomic E-state index is 0.473. The van der Waals surface area contributed by atoms with E-state index in [0.29, 0.717) is 18.4 Å². The molecule has 0 spiro atoms. The van der Waals surface area contributed by atoms with Gasteiger partial charge in [0.25, 0.3) is 5.78 Å². The van der Waals surface area contributed by atoms with Crippen molar-refractivity contribution >= 4 is 11.6 Å². The summed E-state index contributed by atoms with van der Waals surface area (Å²) in [5.74, 6) is 1.66. The highest BCUT2D eigenvalue weighted by atomic mass is 16.5. The Labute approximate surface area is 159 Å². The van der Waals surface area contributed by atoms with Crippen LogP contribution in [0.3, 0.4) is 0 Å². The van der Waals surface area contributed by atoms with Crippen molar-refractivity contribution < 1.29 is 4.74 Å². The number of methoxy groups -OCH3 is 1. The first kappa shape index (κ1) is 17.9. The van der Waals surface area contributed by atoms with Crippen molar-refractivity contribution in [1.29, 1.82) is 0 Å². The summed E-state index contributed by atoms with van der Waals surface area (Å²) in [7, 11) is 1.68. The maximum Gasteiger partial charge on any atom is 0.254 e. The van der Waals surface area contributed by atoms with Gasteiger partial charge in [-0.15, -0.1) is 0 Å². The fourth-order valence-electron chi connectivity index (χ4n) is 3.68. The van der Waals surface area contributed by atoms with Gasteiger partial charge in [-0.1, -0.05) is 30.3 Å². The first-order valence-electron chi connectivity index (χ1n) is 9.46. The van der Waals surface area contributed by atoms with E-state index in [1.54, 1.807) is 13.4 Å². The van der Waals surface area contributed by atoms with Crippen LogP contribution in [0.1, 0.15) is 24.6 Å². The van der Waals surface area contributed by atoms with Crippen molar-refractivity contribution in [2.45, 2.75) is 32.5 Å². The average molecular weight is 366 g/mol. The third-order valence-corrected chi connectivity index (χ3v) is 5.23. The number of anilines is 1. The second kappa shape index (κ2) is 8.02. The molecule has 0 radical (unpaired) electrons. The molecule has 0 aliphatic carbocycles. The molecule has 4 rings (SSSR count). The van der Waals surface area contributed by atoms with Crippen LogP contribution in [0.15, 0.2) is 42.7 Å². The van der Waals surface area contributed by atoms with Gasteiger partial charge in [0, 0.05) is 45.4 Å². The molecule has 0 N–H and O–H groups in total. The van der Waals surface area contributed by atoms with Gasteiger partial charge in [-0.05, 0) is 18.9 Å². The molecule has 1 unspecified atom stereocenters. The van der Waals surface area contributed by atoms with Crippen LogP contribution < -0.4 is 4.90 Å². The number of aromatic nitrogens is 4. The Hall–Kier alpha value is -2.51. The molecule has 1 aromatic carbocycles. The van der Waals surface area contributed by atoms with Crippen LogP contribution in [0.2, 0.25) is 0 Å². The van der Waals surface area contributed by atoms with Crippen LogP contribution in [0.4, 0.5) is 5.82 Å². The summed E-state index contributed by atoms with van der Waals surface area (Å²) >= 11 is 0. The van der Waals surface area contributed by atoms with Gasteiger partial charge in [0.05, 0.1) is 12.3 Å². The van der Waals surface area contributed by atoms with E-state index in [0.717, 1.165) is 44.1 Å². The van der Waals surface area contributed by atoms with Gasteiger partial charge >= 0.3 is 0 Å². The van der Waals surface area contributed by atoms with Crippen LogP contribution in [0.5, 0.6) is 0 Å². The summed E-state index contributed by atoms with van der Waals surface area (Å²) in [6.07, 6.45) is 2.66. The minimum Gasteiger partial charge on any atom is -0.378 e. The van der Waals surface area contributed by atoms with Crippen LogP contribution >= 0.6 is 0 Å². The van der Waals surface area contributed by atoms with Crippen molar-refractivity contribution in [2.75, 3.05) is 31.6 Å². The van der Waals surface area contributed by atoms with Crippen molar-refractivity contribution in [3.05, 3.63) is 54.0 Å². The first-order valence-corrected chi connectivity index (χ1v) is 9.46. The Bertz CT molecular complexity index is 881. The number of benzene rings is 1. The maximum absolute atomic E-state index is 5.27. The zero-order valence-corrected chi connectivity index (χ0v) is 16.0. The molecule has 0 saturated carbocycles. The van der Waals surface area contributed by atoms with Gasteiger partial charge in [0.1, 0.15) is 12.1 Å². The topological polar surface area (TPSA) is 58.8 Å². The molecule has 7 heteroatoms. The van der Waals surface area contributed by atoms with Crippen molar-refractivity contribution in [1.82, 2.24) is 24.5 Å². The molecule has 1 saturated heterocycles. The summed E-state index contributed by atoms with van der Waals surface area (Å²) in [6.45, 7) is 6.72. The Morgan fingerprint density at radius 1 is 1.15 bits per heavy atom. The highest BCUT2D eigenvalue weighted by Crippen LogP contribution is 2.21. The van der Waals surface area contributed by atoms with Crippen molar-refractivity contribution in [3.63, 3.8) is 0 Å². The predicted molar refractivity (Wildman–Crippen MR) is 105 cm³/mol. The molecule has 0 bridgehead atoms. The lowest BCUT2D eigenvalue weighted by Gasteiger charge is -2.26. The summed E-state index contributed by atoms with van der Waals surface area (Å²) in [6, 6.07) is 13.3. The quantitative estimate of drug-likeness (QED) is 0.691. The monoisotopic (exact) mass is 366 g/mol. The van der Waals surface area contributed by atoms with E-state index in [1.165, 1.54) is 5.56 Å². The molecule has 1 aliphatic heterocycles. The molecule has 3 aromatic rings. The molecule has 0 amide bonds. The molecule has 1 atom stereocenters. The average Bonchev–Trinajstić information content (AvgIpc) is 3.08. The second-order valence-corrected chi connectivity index (χ2v) is 7.09. The lowest BCUT2D eigenvalue weighted by molar-refractivity contribution is 0.181. The largest absolute Gasteiger partial charge is 0.378 e. The molecular formula is C20H26N6O. The Balaban J connectivity index is 1.55. The second-order valence-electron chi connectivity index (χ2n) is 7.09. The van der Waals surface area contributed by atoms with Gasteiger partial charge in [0.15, 0.2) is 0 Å².